The quantitative estimate of drug-likeness (QED) is 0.212. The Morgan fingerprint density at radius 3 is 1.57 bits per heavy atom. The monoisotopic (exact) mass is 535 g/mol. The van der Waals surface area contributed by atoms with Crippen LogP contribution in [0.15, 0.2) is 176 Å². The second kappa shape index (κ2) is 9.90. The molecule has 0 saturated carbocycles. The number of nitrogens with zero attached hydrogens (tertiary/aromatic N) is 1. The molecule has 1 aliphatic carbocycles. The molecule has 1 aliphatic rings. The summed E-state index contributed by atoms with van der Waals surface area (Å²) in [6.07, 6.45) is 0. The number of hydrogen-bond donors (Lipinski definition) is 0. The van der Waals surface area contributed by atoms with E-state index >= 15 is 0 Å². The molecule has 0 heterocycles. The minimum Gasteiger partial charge on any atom is -0.310 e. The van der Waals surface area contributed by atoms with Crippen molar-refractivity contribution in [2.24, 2.45) is 0 Å². The zero-order chi connectivity index (χ0) is 27.9. The first-order valence-corrected chi connectivity index (χ1v) is 14.5. The summed E-state index contributed by atoms with van der Waals surface area (Å²) in [5.41, 5.74) is 10.7. The smallest absolute Gasteiger partial charge is 0.0714 e. The predicted octanol–water partition coefficient (Wildman–Crippen LogP) is 10.7. The molecule has 198 valence electrons. The molecule has 0 aliphatic heterocycles. The molecule has 7 aromatic rings. The summed E-state index contributed by atoms with van der Waals surface area (Å²) in [6.45, 7) is 0. The van der Waals surface area contributed by atoms with E-state index in [0.717, 1.165) is 17.1 Å². The Kier molecular flexibility index (Phi) is 5.75. The topological polar surface area (TPSA) is 3.24 Å². The van der Waals surface area contributed by atoms with Crippen LogP contribution in [0.3, 0.4) is 0 Å². The van der Waals surface area contributed by atoms with Crippen molar-refractivity contribution in [3.05, 3.63) is 198 Å². The van der Waals surface area contributed by atoms with Crippen molar-refractivity contribution in [1.82, 2.24) is 0 Å². The highest BCUT2D eigenvalue weighted by atomic mass is 15.1. The van der Waals surface area contributed by atoms with E-state index in [9.17, 15) is 0 Å². The molecule has 42 heavy (non-hydrogen) atoms. The Morgan fingerprint density at radius 2 is 0.857 bits per heavy atom. The molecule has 0 unspecified atom stereocenters. The van der Waals surface area contributed by atoms with Gasteiger partial charge in [-0.15, -0.1) is 0 Å². The van der Waals surface area contributed by atoms with Crippen LogP contribution in [0.5, 0.6) is 0 Å². The van der Waals surface area contributed by atoms with E-state index in [1.54, 1.807) is 0 Å². The fraction of sp³-hybridized carbons (Fsp3) is 0.0244. The lowest BCUT2D eigenvalue weighted by atomic mass is 9.67. The van der Waals surface area contributed by atoms with Gasteiger partial charge in [0.15, 0.2) is 0 Å². The molecule has 0 aromatic heterocycles. The van der Waals surface area contributed by atoms with Crippen LogP contribution in [0.4, 0.5) is 17.1 Å². The Labute approximate surface area is 247 Å². The van der Waals surface area contributed by atoms with Crippen LogP contribution in [-0.4, -0.2) is 0 Å². The molecular formula is C41H29N. The molecule has 0 bridgehead atoms. The Morgan fingerprint density at radius 1 is 0.333 bits per heavy atom. The van der Waals surface area contributed by atoms with E-state index in [1.807, 2.05) is 0 Å². The third-order valence-corrected chi connectivity index (χ3v) is 8.71. The van der Waals surface area contributed by atoms with Crippen LogP contribution in [0.25, 0.3) is 21.9 Å². The third-order valence-electron chi connectivity index (χ3n) is 8.71. The van der Waals surface area contributed by atoms with Crippen LogP contribution in [-0.2, 0) is 5.41 Å². The maximum Gasteiger partial charge on any atom is 0.0714 e. The highest BCUT2D eigenvalue weighted by Gasteiger charge is 2.46. The molecular weight excluding hydrogens is 506 g/mol. The first-order chi connectivity index (χ1) is 20.8. The first kappa shape index (κ1) is 24.4. The van der Waals surface area contributed by atoms with Gasteiger partial charge in [0.1, 0.15) is 0 Å². The molecule has 7 aromatic carbocycles. The van der Waals surface area contributed by atoms with Gasteiger partial charge in [-0.1, -0.05) is 140 Å². The minimum absolute atomic E-state index is 0.434. The van der Waals surface area contributed by atoms with Crippen LogP contribution >= 0.6 is 0 Å². The SMILES string of the molecule is c1ccc(N(c2ccc3c(c2)C(c2ccccc2)(c2ccccc2)c2ccccc2-3)c2ccc3ccccc3c2)cc1. The average molecular weight is 536 g/mol. The van der Waals surface area contributed by atoms with E-state index in [4.69, 9.17) is 0 Å². The molecule has 0 spiro atoms. The second-order valence-electron chi connectivity index (χ2n) is 11.0. The van der Waals surface area contributed by atoms with Gasteiger partial charge in [-0.05, 0) is 80.6 Å². The van der Waals surface area contributed by atoms with Gasteiger partial charge in [-0.2, -0.15) is 0 Å². The third kappa shape index (κ3) is 3.71. The van der Waals surface area contributed by atoms with Gasteiger partial charge < -0.3 is 4.90 Å². The summed E-state index contributed by atoms with van der Waals surface area (Å²) in [4.78, 5) is 2.39. The highest BCUT2D eigenvalue weighted by molar-refractivity contribution is 5.92. The lowest BCUT2D eigenvalue weighted by Crippen LogP contribution is -2.28. The van der Waals surface area contributed by atoms with Crippen molar-refractivity contribution >= 4 is 27.8 Å². The maximum absolute atomic E-state index is 2.43. The normalized spacial score (nSPS) is 13.0. The Hall–Kier alpha value is -5.40. The summed E-state index contributed by atoms with van der Waals surface area (Å²) in [7, 11) is 0. The van der Waals surface area contributed by atoms with Crippen LogP contribution in [0.1, 0.15) is 22.3 Å². The fourth-order valence-corrected chi connectivity index (χ4v) is 6.91. The van der Waals surface area contributed by atoms with Gasteiger partial charge in [0.25, 0.3) is 0 Å². The lowest BCUT2D eigenvalue weighted by Gasteiger charge is -2.35. The molecule has 0 N–H and O–H groups in total. The van der Waals surface area contributed by atoms with Gasteiger partial charge in [-0.3, -0.25) is 0 Å². The van der Waals surface area contributed by atoms with Crippen molar-refractivity contribution in [1.29, 1.82) is 0 Å². The van der Waals surface area contributed by atoms with Gasteiger partial charge >= 0.3 is 0 Å². The number of anilines is 3. The van der Waals surface area contributed by atoms with E-state index in [2.05, 4.69) is 181 Å². The van der Waals surface area contributed by atoms with Gasteiger partial charge in [0, 0.05) is 17.1 Å². The van der Waals surface area contributed by atoms with Gasteiger partial charge in [0.2, 0.25) is 0 Å². The largest absolute Gasteiger partial charge is 0.310 e. The summed E-state index contributed by atoms with van der Waals surface area (Å²) < 4.78 is 0. The average Bonchev–Trinajstić information content (AvgIpc) is 3.37. The number of hydrogen-bond acceptors (Lipinski definition) is 1. The van der Waals surface area contributed by atoms with Crippen LogP contribution in [0, 0.1) is 0 Å². The van der Waals surface area contributed by atoms with Crippen molar-refractivity contribution < 1.29 is 0 Å². The second-order valence-corrected chi connectivity index (χ2v) is 11.0. The summed E-state index contributed by atoms with van der Waals surface area (Å²) >= 11 is 0. The van der Waals surface area contributed by atoms with E-state index in [1.165, 1.54) is 44.2 Å². The molecule has 1 nitrogen and oxygen atoms in total. The fourth-order valence-electron chi connectivity index (χ4n) is 6.91. The Bertz CT molecular complexity index is 1990. The minimum atomic E-state index is -0.434. The molecule has 1 heteroatoms. The first-order valence-electron chi connectivity index (χ1n) is 14.5. The van der Waals surface area contributed by atoms with Gasteiger partial charge in [-0.25, -0.2) is 0 Å². The van der Waals surface area contributed by atoms with Crippen molar-refractivity contribution in [2.45, 2.75) is 5.41 Å². The summed E-state index contributed by atoms with van der Waals surface area (Å²) in [5.74, 6) is 0. The summed E-state index contributed by atoms with van der Waals surface area (Å²) in [6, 6.07) is 64.0. The van der Waals surface area contributed by atoms with E-state index in [0.29, 0.717) is 0 Å². The molecule has 0 atom stereocenters. The molecule has 8 rings (SSSR count). The molecule has 0 saturated heterocycles. The predicted molar refractivity (Wildman–Crippen MR) is 176 cm³/mol. The number of para-hydroxylation sites is 1. The number of fused-ring (bicyclic) bond motifs is 4. The van der Waals surface area contributed by atoms with Gasteiger partial charge in [0.05, 0.1) is 5.41 Å². The molecule has 0 amide bonds. The van der Waals surface area contributed by atoms with Crippen LogP contribution < -0.4 is 4.90 Å². The number of rotatable bonds is 5. The molecule has 0 radical (unpaired) electrons. The van der Waals surface area contributed by atoms with Crippen LogP contribution in [0.2, 0.25) is 0 Å². The van der Waals surface area contributed by atoms with E-state index < -0.39 is 5.41 Å². The van der Waals surface area contributed by atoms with E-state index in [-0.39, 0.29) is 0 Å². The zero-order valence-corrected chi connectivity index (χ0v) is 23.2. The summed E-state index contributed by atoms with van der Waals surface area (Å²) in [5, 5.41) is 2.47. The lowest BCUT2D eigenvalue weighted by molar-refractivity contribution is 0.768. The Balaban J connectivity index is 1.42. The van der Waals surface area contributed by atoms with Crippen molar-refractivity contribution in [3.8, 4) is 11.1 Å². The zero-order valence-electron chi connectivity index (χ0n) is 23.2. The molecule has 0 fully saturated rings. The van der Waals surface area contributed by atoms with Crippen molar-refractivity contribution in [2.75, 3.05) is 4.90 Å². The number of benzene rings is 7. The standard InChI is InChI=1S/C41H29N/c1-4-16-32(17-5-1)41(33-18-6-2-7-19-33)39-23-13-12-22-37(39)38-27-26-36(29-40(38)41)42(34-20-8-3-9-21-34)35-25-24-30-14-10-11-15-31(30)28-35/h1-29H. The maximum atomic E-state index is 2.43. The van der Waals surface area contributed by atoms with Crippen molar-refractivity contribution in [3.63, 3.8) is 0 Å². The highest BCUT2D eigenvalue weighted by Crippen LogP contribution is 2.57.